The van der Waals surface area contributed by atoms with Crippen LogP contribution in [0.2, 0.25) is 0 Å². The van der Waals surface area contributed by atoms with Crippen molar-refractivity contribution in [2.45, 2.75) is 26.3 Å². The normalized spacial score (nSPS) is 18.7. The monoisotopic (exact) mass is 283 g/mol. The molecule has 1 atom stereocenters. The topological polar surface area (TPSA) is 45.2 Å². The third-order valence-electron chi connectivity index (χ3n) is 4.09. The third kappa shape index (κ3) is 3.15. The van der Waals surface area contributed by atoms with Crippen LogP contribution in [0.3, 0.4) is 0 Å². The Morgan fingerprint density at radius 1 is 1.38 bits per heavy atom. The van der Waals surface area contributed by atoms with Gasteiger partial charge >= 0.3 is 6.03 Å². The number of carbonyl (C=O) groups is 1. The van der Waals surface area contributed by atoms with Crippen LogP contribution in [0.1, 0.15) is 25.3 Å². The van der Waals surface area contributed by atoms with Crippen molar-refractivity contribution in [2.75, 3.05) is 13.1 Å². The van der Waals surface area contributed by atoms with E-state index in [2.05, 4.69) is 17.2 Å². The lowest BCUT2D eigenvalue weighted by Crippen LogP contribution is -2.44. The molecule has 4 nitrogen and oxygen atoms in total. The molecule has 0 saturated carbocycles. The average molecular weight is 283 g/mol. The van der Waals surface area contributed by atoms with Crippen LogP contribution >= 0.6 is 0 Å². The predicted molar refractivity (Wildman–Crippen MR) is 83.9 cm³/mol. The van der Waals surface area contributed by atoms with Crippen molar-refractivity contribution in [3.05, 3.63) is 42.1 Å². The van der Waals surface area contributed by atoms with Gasteiger partial charge in [0, 0.05) is 31.2 Å². The number of carbonyl (C=O) groups excluding carboxylic acids is 1. The van der Waals surface area contributed by atoms with E-state index in [0.29, 0.717) is 12.5 Å². The number of urea groups is 1. The van der Waals surface area contributed by atoms with Crippen LogP contribution in [0.5, 0.6) is 0 Å². The van der Waals surface area contributed by atoms with Crippen molar-refractivity contribution >= 4 is 16.9 Å². The lowest BCUT2D eigenvalue weighted by Gasteiger charge is -2.31. The minimum atomic E-state index is 0.0366. The van der Waals surface area contributed by atoms with Gasteiger partial charge < -0.3 is 10.2 Å². The highest BCUT2D eigenvalue weighted by Gasteiger charge is 2.20. The number of aromatic nitrogens is 1. The summed E-state index contributed by atoms with van der Waals surface area (Å²) >= 11 is 0. The van der Waals surface area contributed by atoms with Crippen molar-refractivity contribution in [1.82, 2.24) is 15.2 Å². The van der Waals surface area contributed by atoms with Crippen molar-refractivity contribution in [1.29, 1.82) is 0 Å². The molecule has 0 aliphatic carbocycles. The van der Waals surface area contributed by atoms with Gasteiger partial charge in [0.15, 0.2) is 0 Å². The molecule has 110 valence electrons. The first-order valence-electron chi connectivity index (χ1n) is 7.59. The zero-order chi connectivity index (χ0) is 14.7. The summed E-state index contributed by atoms with van der Waals surface area (Å²) in [5.74, 6) is 0.601. The molecular weight excluding hydrogens is 262 g/mol. The zero-order valence-electron chi connectivity index (χ0n) is 12.4. The number of nitrogens with one attached hydrogen (secondary N) is 1. The Labute approximate surface area is 125 Å². The van der Waals surface area contributed by atoms with Crippen molar-refractivity contribution < 1.29 is 4.79 Å². The molecule has 1 aliphatic heterocycles. The molecule has 0 spiro atoms. The van der Waals surface area contributed by atoms with Gasteiger partial charge in [-0.3, -0.25) is 4.98 Å². The Morgan fingerprint density at radius 3 is 3.10 bits per heavy atom. The Hall–Kier alpha value is -2.10. The number of rotatable bonds is 2. The predicted octanol–water partition coefficient (Wildman–Crippen LogP) is 3.18. The smallest absolute Gasteiger partial charge is 0.317 e. The van der Waals surface area contributed by atoms with E-state index < -0.39 is 0 Å². The second-order valence-corrected chi connectivity index (χ2v) is 5.84. The maximum Gasteiger partial charge on any atom is 0.317 e. The standard InChI is InChI=1S/C17H21N3O/c1-13-5-4-10-20(12-13)17(21)19-11-15-7-2-6-14-8-3-9-18-16(14)15/h2-3,6-9,13H,4-5,10-12H2,1H3,(H,19,21). The number of amides is 2. The van der Waals surface area contributed by atoms with E-state index in [4.69, 9.17) is 0 Å². The summed E-state index contributed by atoms with van der Waals surface area (Å²) in [6.45, 7) is 4.45. The quantitative estimate of drug-likeness (QED) is 0.920. The van der Waals surface area contributed by atoms with Crippen molar-refractivity contribution in [2.24, 2.45) is 5.92 Å². The van der Waals surface area contributed by atoms with Gasteiger partial charge in [-0.05, 0) is 30.4 Å². The highest BCUT2D eigenvalue weighted by molar-refractivity contribution is 5.82. The van der Waals surface area contributed by atoms with Gasteiger partial charge in [-0.1, -0.05) is 31.2 Å². The van der Waals surface area contributed by atoms with Crippen molar-refractivity contribution in [3.8, 4) is 0 Å². The van der Waals surface area contributed by atoms with E-state index in [-0.39, 0.29) is 6.03 Å². The van der Waals surface area contributed by atoms with Gasteiger partial charge in [-0.25, -0.2) is 4.79 Å². The molecule has 0 radical (unpaired) electrons. The summed E-state index contributed by atoms with van der Waals surface area (Å²) in [5, 5.41) is 4.14. The summed E-state index contributed by atoms with van der Waals surface area (Å²) < 4.78 is 0. The minimum absolute atomic E-state index is 0.0366. The third-order valence-corrected chi connectivity index (χ3v) is 4.09. The fourth-order valence-electron chi connectivity index (χ4n) is 2.97. The fourth-order valence-corrected chi connectivity index (χ4v) is 2.97. The number of hydrogen-bond acceptors (Lipinski definition) is 2. The molecule has 1 aliphatic rings. The average Bonchev–Trinajstić information content (AvgIpc) is 2.52. The Kier molecular flexibility index (Phi) is 4.04. The van der Waals surface area contributed by atoms with Crippen LogP contribution in [-0.2, 0) is 6.54 Å². The molecule has 2 amide bonds. The molecule has 2 heterocycles. The number of piperidine rings is 1. The van der Waals surface area contributed by atoms with Gasteiger partial charge in [0.1, 0.15) is 0 Å². The van der Waals surface area contributed by atoms with Crippen molar-refractivity contribution in [3.63, 3.8) is 0 Å². The maximum absolute atomic E-state index is 12.2. The van der Waals surface area contributed by atoms with Gasteiger partial charge in [0.05, 0.1) is 5.52 Å². The van der Waals surface area contributed by atoms with Crippen LogP contribution < -0.4 is 5.32 Å². The molecule has 1 N–H and O–H groups in total. The molecule has 1 unspecified atom stereocenters. The van der Waals surface area contributed by atoms with Gasteiger partial charge in [-0.15, -0.1) is 0 Å². The second kappa shape index (κ2) is 6.12. The lowest BCUT2D eigenvalue weighted by atomic mass is 10.0. The number of pyridine rings is 1. The minimum Gasteiger partial charge on any atom is -0.334 e. The molecule has 3 rings (SSSR count). The highest BCUT2D eigenvalue weighted by atomic mass is 16.2. The molecule has 0 bridgehead atoms. The Morgan fingerprint density at radius 2 is 2.24 bits per heavy atom. The molecule has 2 aromatic rings. The second-order valence-electron chi connectivity index (χ2n) is 5.84. The SMILES string of the molecule is CC1CCCN(C(=O)NCc2cccc3cccnc23)C1. The number of nitrogens with zero attached hydrogens (tertiary/aromatic N) is 2. The number of likely N-dealkylation sites (tertiary alicyclic amines) is 1. The van der Waals surface area contributed by atoms with E-state index in [1.165, 1.54) is 6.42 Å². The maximum atomic E-state index is 12.2. The zero-order valence-corrected chi connectivity index (χ0v) is 12.4. The molecule has 1 fully saturated rings. The van der Waals surface area contributed by atoms with Gasteiger partial charge in [0.25, 0.3) is 0 Å². The Balaban J connectivity index is 1.67. The van der Waals surface area contributed by atoms with Crippen LogP contribution in [0.25, 0.3) is 10.9 Å². The number of benzene rings is 1. The van der Waals surface area contributed by atoms with Gasteiger partial charge in [-0.2, -0.15) is 0 Å². The molecular formula is C17H21N3O. The largest absolute Gasteiger partial charge is 0.334 e. The van der Waals surface area contributed by atoms with Crippen LogP contribution in [0, 0.1) is 5.92 Å². The first kappa shape index (κ1) is 13.9. The molecule has 1 aromatic carbocycles. The summed E-state index contributed by atoms with van der Waals surface area (Å²) in [6, 6.07) is 10.1. The Bertz CT molecular complexity index is 635. The summed E-state index contributed by atoms with van der Waals surface area (Å²) in [5.41, 5.74) is 2.03. The van der Waals surface area contributed by atoms with Crippen LogP contribution in [0.4, 0.5) is 4.79 Å². The van der Waals surface area contributed by atoms with Crippen LogP contribution in [0.15, 0.2) is 36.5 Å². The highest BCUT2D eigenvalue weighted by Crippen LogP contribution is 2.17. The summed E-state index contributed by atoms with van der Waals surface area (Å²) in [7, 11) is 0. The van der Waals surface area contributed by atoms with E-state index >= 15 is 0 Å². The van der Waals surface area contributed by atoms with Crippen LogP contribution in [-0.4, -0.2) is 29.0 Å². The molecule has 1 saturated heterocycles. The molecule has 1 aromatic heterocycles. The van der Waals surface area contributed by atoms with Gasteiger partial charge in [0.2, 0.25) is 0 Å². The first-order valence-corrected chi connectivity index (χ1v) is 7.59. The summed E-state index contributed by atoms with van der Waals surface area (Å²) in [4.78, 5) is 18.6. The van der Waals surface area contributed by atoms with E-state index in [1.807, 2.05) is 35.2 Å². The van der Waals surface area contributed by atoms with E-state index in [0.717, 1.165) is 36.0 Å². The number of fused-ring (bicyclic) bond motifs is 1. The summed E-state index contributed by atoms with van der Waals surface area (Å²) in [6.07, 6.45) is 4.11. The first-order chi connectivity index (χ1) is 10.2. The molecule has 21 heavy (non-hydrogen) atoms. The lowest BCUT2D eigenvalue weighted by molar-refractivity contribution is 0.169. The van der Waals surface area contributed by atoms with E-state index in [9.17, 15) is 4.79 Å². The number of para-hydroxylation sites is 1. The molecule has 4 heteroatoms. The fraction of sp³-hybridized carbons (Fsp3) is 0.412. The van der Waals surface area contributed by atoms with E-state index in [1.54, 1.807) is 6.20 Å². The number of hydrogen-bond donors (Lipinski definition) is 1.